The van der Waals surface area contributed by atoms with Gasteiger partial charge in [0, 0.05) is 23.3 Å². The predicted molar refractivity (Wildman–Crippen MR) is 119 cm³/mol. The zero-order chi connectivity index (χ0) is 21.9. The molecule has 3 aromatic rings. The number of aryl methyl sites for hydroxylation is 1. The molecule has 1 N–H and O–H groups in total. The van der Waals surface area contributed by atoms with Crippen LogP contribution in [-0.4, -0.2) is 28.5 Å². The maximum atomic E-state index is 12.9. The van der Waals surface area contributed by atoms with E-state index < -0.39 is 10.0 Å². The number of anilines is 2. The molecular formula is C22H21ClN2O4S. The normalized spacial score (nSPS) is 11.1. The zero-order valence-corrected chi connectivity index (χ0v) is 18.3. The minimum Gasteiger partial charge on any atom is -0.497 e. The van der Waals surface area contributed by atoms with E-state index in [9.17, 15) is 13.2 Å². The molecule has 0 saturated heterocycles. The lowest BCUT2D eigenvalue weighted by atomic mass is 10.1. The van der Waals surface area contributed by atoms with Gasteiger partial charge in [-0.1, -0.05) is 17.7 Å². The summed E-state index contributed by atoms with van der Waals surface area (Å²) in [6.45, 7) is 1.87. The molecule has 0 aromatic heterocycles. The number of benzene rings is 3. The Kier molecular flexibility index (Phi) is 6.34. The number of amides is 1. The van der Waals surface area contributed by atoms with Crippen LogP contribution in [0.5, 0.6) is 5.75 Å². The summed E-state index contributed by atoms with van der Waals surface area (Å²) in [5, 5.41) is 3.34. The van der Waals surface area contributed by atoms with Crippen LogP contribution in [0.1, 0.15) is 15.9 Å². The fourth-order valence-electron chi connectivity index (χ4n) is 2.79. The highest BCUT2D eigenvalue weighted by Crippen LogP contribution is 2.25. The summed E-state index contributed by atoms with van der Waals surface area (Å²) in [4.78, 5) is 12.7. The van der Waals surface area contributed by atoms with E-state index in [1.165, 1.54) is 26.3 Å². The van der Waals surface area contributed by atoms with Gasteiger partial charge in [-0.2, -0.15) is 0 Å². The van der Waals surface area contributed by atoms with Crippen LogP contribution in [-0.2, 0) is 10.0 Å². The highest BCUT2D eigenvalue weighted by molar-refractivity contribution is 7.92. The van der Waals surface area contributed by atoms with Gasteiger partial charge in [-0.3, -0.25) is 9.10 Å². The van der Waals surface area contributed by atoms with E-state index in [0.717, 1.165) is 9.87 Å². The van der Waals surface area contributed by atoms with Crippen molar-refractivity contribution in [2.24, 2.45) is 0 Å². The lowest BCUT2D eigenvalue weighted by Crippen LogP contribution is -2.26. The summed E-state index contributed by atoms with van der Waals surface area (Å²) >= 11 is 5.99. The fraction of sp³-hybridized carbons (Fsp3) is 0.136. The molecule has 0 atom stereocenters. The molecule has 0 unspecified atom stereocenters. The van der Waals surface area contributed by atoms with Gasteiger partial charge in [0.15, 0.2) is 0 Å². The van der Waals surface area contributed by atoms with Crippen molar-refractivity contribution >= 4 is 38.9 Å². The largest absolute Gasteiger partial charge is 0.497 e. The van der Waals surface area contributed by atoms with Crippen LogP contribution < -0.4 is 14.4 Å². The maximum absolute atomic E-state index is 12.9. The number of nitrogens with one attached hydrogen (secondary N) is 1. The standard InChI is InChI=1S/C22H21ClN2O4S/c1-15-4-7-17(23)14-21(15)24-22(26)16-5-8-18(9-6-16)25(2)30(27,28)20-12-10-19(29-3)11-13-20/h4-14H,1-3H3,(H,24,26). The smallest absolute Gasteiger partial charge is 0.264 e. The Hall–Kier alpha value is -3.03. The van der Waals surface area contributed by atoms with Crippen molar-refractivity contribution in [1.29, 1.82) is 0 Å². The number of halogens is 1. The Morgan fingerprint density at radius 1 is 1.00 bits per heavy atom. The third-order valence-electron chi connectivity index (χ3n) is 4.66. The lowest BCUT2D eigenvalue weighted by molar-refractivity contribution is 0.102. The van der Waals surface area contributed by atoms with E-state index in [1.54, 1.807) is 48.5 Å². The molecule has 30 heavy (non-hydrogen) atoms. The average molecular weight is 445 g/mol. The highest BCUT2D eigenvalue weighted by atomic mass is 35.5. The summed E-state index contributed by atoms with van der Waals surface area (Å²) < 4.78 is 31.9. The van der Waals surface area contributed by atoms with Gasteiger partial charge in [0.2, 0.25) is 0 Å². The van der Waals surface area contributed by atoms with Crippen molar-refractivity contribution in [3.63, 3.8) is 0 Å². The highest BCUT2D eigenvalue weighted by Gasteiger charge is 2.21. The second-order valence-electron chi connectivity index (χ2n) is 6.61. The number of ether oxygens (including phenoxy) is 1. The average Bonchev–Trinajstić information content (AvgIpc) is 2.75. The molecule has 0 bridgehead atoms. The number of rotatable bonds is 6. The lowest BCUT2D eigenvalue weighted by Gasteiger charge is -2.20. The molecule has 0 fully saturated rings. The Morgan fingerprint density at radius 3 is 2.23 bits per heavy atom. The van der Waals surface area contributed by atoms with Crippen LogP contribution in [0, 0.1) is 6.92 Å². The molecule has 156 valence electrons. The number of hydrogen-bond donors (Lipinski definition) is 1. The molecular weight excluding hydrogens is 424 g/mol. The van der Waals surface area contributed by atoms with E-state index in [2.05, 4.69) is 5.32 Å². The first-order chi connectivity index (χ1) is 14.2. The number of nitrogens with zero attached hydrogens (tertiary/aromatic N) is 1. The van der Waals surface area contributed by atoms with E-state index in [1.807, 2.05) is 13.0 Å². The quantitative estimate of drug-likeness (QED) is 0.596. The van der Waals surface area contributed by atoms with Crippen LogP contribution in [0.3, 0.4) is 0 Å². The van der Waals surface area contributed by atoms with E-state index in [-0.39, 0.29) is 10.8 Å². The zero-order valence-electron chi connectivity index (χ0n) is 16.7. The molecule has 1 amide bonds. The molecule has 6 nitrogen and oxygen atoms in total. The van der Waals surface area contributed by atoms with Crippen molar-refractivity contribution in [1.82, 2.24) is 0 Å². The van der Waals surface area contributed by atoms with Crippen LogP contribution in [0.25, 0.3) is 0 Å². The first-order valence-electron chi connectivity index (χ1n) is 9.03. The first kappa shape index (κ1) is 21.7. The molecule has 0 saturated carbocycles. The first-order valence-corrected chi connectivity index (χ1v) is 10.8. The van der Waals surface area contributed by atoms with Crippen molar-refractivity contribution in [3.8, 4) is 5.75 Å². The van der Waals surface area contributed by atoms with Crippen LogP contribution in [0.2, 0.25) is 5.02 Å². The molecule has 0 spiro atoms. The number of methoxy groups -OCH3 is 1. The van der Waals surface area contributed by atoms with Crippen LogP contribution in [0.15, 0.2) is 71.6 Å². The maximum Gasteiger partial charge on any atom is 0.264 e. The SMILES string of the molecule is COc1ccc(S(=O)(=O)N(C)c2ccc(C(=O)Nc3cc(Cl)ccc3C)cc2)cc1. The number of hydrogen-bond acceptors (Lipinski definition) is 4. The second-order valence-corrected chi connectivity index (χ2v) is 9.01. The Morgan fingerprint density at radius 2 is 1.63 bits per heavy atom. The van der Waals surface area contributed by atoms with Gasteiger partial charge in [0.1, 0.15) is 5.75 Å². The third-order valence-corrected chi connectivity index (χ3v) is 6.69. The Labute approximate surface area is 181 Å². The van der Waals surface area contributed by atoms with Gasteiger partial charge in [-0.25, -0.2) is 8.42 Å². The topological polar surface area (TPSA) is 75.7 Å². The summed E-state index contributed by atoms with van der Waals surface area (Å²) in [7, 11) is -0.769. The van der Waals surface area contributed by atoms with Crippen molar-refractivity contribution in [2.75, 3.05) is 23.8 Å². The third kappa shape index (κ3) is 4.58. The number of carbonyl (C=O) groups is 1. The molecule has 0 radical (unpaired) electrons. The van der Waals surface area contributed by atoms with Gasteiger partial charge in [0.25, 0.3) is 15.9 Å². The molecule has 0 aliphatic heterocycles. The van der Waals surface area contributed by atoms with Gasteiger partial charge >= 0.3 is 0 Å². The Balaban J connectivity index is 1.78. The predicted octanol–water partition coefficient (Wildman–Crippen LogP) is 4.73. The van der Waals surface area contributed by atoms with Gasteiger partial charge in [-0.05, 0) is 73.2 Å². The molecule has 8 heteroatoms. The minimum atomic E-state index is -3.75. The molecule has 0 aliphatic carbocycles. The van der Waals surface area contributed by atoms with Crippen molar-refractivity contribution < 1.29 is 17.9 Å². The van der Waals surface area contributed by atoms with E-state index in [4.69, 9.17) is 16.3 Å². The second kappa shape index (κ2) is 8.77. The van der Waals surface area contributed by atoms with Crippen molar-refractivity contribution in [3.05, 3.63) is 82.9 Å². The van der Waals surface area contributed by atoms with Crippen molar-refractivity contribution in [2.45, 2.75) is 11.8 Å². The van der Waals surface area contributed by atoms with Crippen LogP contribution >= 0.6 is 11.6 Å². The number of carbonyl (C=O) groups excluding carboxylic acids is 1. The summed E-state index contributed by atoms with van der Waals surface area (Å²) in [6, 6.07) is 17.7. The van der Waals surface area contributed by atoms with Gasteiger partial charge in [-0.15, -0.1) is 0 Å². The molecule has 0 heterocycles. The summed E-state index contributed by atoms with van der Waals surface area (Å²) in [6.07, 6.45) is 0. The monoisotopic (exact) mass is 444 g/mol. The molecule has 3 rings (SSSR count). The summed E-state index contributed by atoms with van der Waals surface area (Å²) in [5.41, 5.74) is 2.33. The van der Waals surface area contributed by atoms with Gasteiger partial charge in [0.05, 0.1) is 17.7 Å². The molecule has 3 aromatic carbocycles. The van der Waals surface area contributed by atoms with Crippen LogP contribution in [0.4, 0.5) is 11.4 Å². The van der Waals surface area contributed by atoms with E-state index in [0.29, 0.717) is 27.7 Å². The van der Waals surface area contributed by atoms with E-state index >= 15 is 0 Å². The fourth-order valence-corrected chi connectivity index (χ4v) is 4.16. The summed E-state index contributed by atoms with van der Waals surface area (Å²) in [5.74, 6) is 0.259. The number of sulfonamides is 1. The van der Waals surface area contributed by atoms with Gasteiger partial charge < -0.3 is 10.1 Å². The minimum absolute atomic E-state index is 0.143. The Bertz CT molecular complexity index is 1160. The molecule has 0 aliphatic rings.